The van der Waals surface area contributed by atoms with Crippen LogP contribution in [-0.4, -0.2) is 20.2 Å². The molecule has 0 amide bonds. The van der Waals surface area contributed by atoms with Gasteiger partial charge in [-0.2, -0.15) is 4.68 Å². The molecule has 0 radical (unpaired) electrons. The van der Waals surface area contributed by atoms with Gasteiger partial charge in [0.15, 0.2) is 5.82 Å². The lowest BCUT2D eigenvalue weighted by Crippen LogP contribution is -2.04. The standard InChI is InChI=1S/C10H8FIN4/c11-7-3-4-9(8(12)5-7)16-10(6-1-2-6)13-14-15-16/h3-6H,1-2H2. The van der Waals surface area contributed by atoms with Crippen LogP contribution in [0.4, 0.5) is 4.39 Å². The van der Waals surface area contributed by atoms with Crippen molar-refractivity contribution in [1.29, 1.82) is 0 Å². The van der Waals surface area contributed by atoms with Crippen LogP contribution in [0.2, 0.25) is 0 Å². The second-order valence-electron chi connectivity index (χ2n) is 3.82. The Balaban J connectivity index is 2.10. The number of tetrazole rings is 1. The lowest BCUT2D eigenvalue weighted by molar-refractivity contribution is 0.625. The lowest BCUT2D eigenvalue weighted by atomic mass is 10.3. The van der Waals surface area contributed by atoms with Crippen molar-refractivity contribution in [3.63, 3.8) is 0 Å². The Labute approximate surface area is 105 Å². The third-order valence-electron chi connectivity index (χ3n) is 2.57. The summed E-state index contributed by atoms with van der Waals surface area (Å²) in [5.41, 5.74) is 0.842. The Morgan fingerprint density at radius 1 is 1.38 bits per heavy atom. The molecule has 0 aliphatic heterocycles. The molecule has 82 valence electrons. The average molecular weight is 330 g/mol. The molecule has 1 saturated carbocycles. The van der Waals surface area contributed by atoms with Gasteiger partial charge in [-0.15, -0.1) is 5.10 Å². The summed E-state index contributed by atoms with van der Waals surface area (Å²) in [6.07, 6.45) is 2.27. The van der Waals surface area contributed by atoms with Gasteiger partial charge in [0.1, 0.15) is 5.82 Å². The highest BCUT2D eigenvalue weighted by Gasteiger charge is 2.30. The minimum Gasteiger partial charge on any atom is -0.207 e. The minimum absolute atomic E-state index is 0.241. The van der Waals surface area contributed by atoms with Crippen molar-refractivity contribution in [2.24, 2.45) is 0 Å². The second kappa shape index (κ2) is 3.76. The number of halogens is 2. The quantitative estimate of drug-likeness (QED) is 0.794. The Kier molecular flexibility index (Phi) is 2.38. The van der Waals surface area contributed by atoms with E-state index in [0.717, 1.165) is 27.9 Å². The second-order valence-corrected chi connectivity index (χ2v) is 4.98. The van der Waals surface area contributed by atoms with E-state index in [9.17, 15) is 4.39 Å². The highest BCUT2D eigenvalue weighted by Crippen LogP contribution is 2.39. The van der Waals surface area contributed by atoms with Crippen LogP contribution < -0.4 is 0 Å². The highest BCUT2D eigenvalue weighted by atomic mass is 127. The molecule has 6 heteroatoms. The van der Waals surface area contributed by atoms with E-state index < -0.39 is 0 Å². The molecule has 0 spiro atoms. The van der Waals surface area contributed by atoms with Crippen molar-refractivity contribution in [2.75, 3.05) is 0 Å². The number of nitrogens with zero attached hydrogens (tertiary/aromatic N) is 4. The van der Waals surface area contributed by atoms with Gasteiger partial charge in [-0.25, -0.2) is 4.39 Å². The summed E-state index contributed by atoms with van der Waals surface area (Å²) in [5.74, 6) is 1.11. The predicted octanol–water partition coefficient (Wildman–Crippen LogP) is 2.28. The van der Waals surface area contributed by atoms with E-state index in [1.54, 1.807) is 10.7 Å². The summed E-state index contributed by atoms with van der Waals surface area (Å²) in [6, 6.07) is 4.61. The maximum absolute atomic E-state index is 13.0. The van der Waals surface area contributed by atoms with Gasteiger partial charge in [-0.05, 0) is 64.1 Å². The Bertz CT molecular complexity index is 535. The average Bonchev–Trinajstić information content (AvgIpc) is 2.98. The summed E-state index contributed by atoms with van der Waals surface area (Å²) in [6.45, 7) is 0. The van der Waals surface area contributed by atoms with Crippen molar-refractivity contribution in [2.45, 2.75) is 18.8 Å². The molecule has 0 unspecified atom stereocenters. The van der Waals surface area contributed by atoms with Crippen LogP contribution >= 0.6 is 22.6 Å². The minimum atomic E-state index is -0.241. The third kappa shape index (κ3) is 1.70. The van der Waals surface area contributed by atoms with E-state index in [0.29, 0.717) is 5.92 Å². The first kappa shape index (κ1) is 10.1. The van der Waals surface area contributed by atoms with Gasteiger partial charge < -0.3 is 0 Å². The molecule has 0 N–H and O–H groups in total. The number of hydrogen-bond acceptors (Lipinski definition) is 3. The monoisotopic (exact) mass is 330 g/mol. The number of aromatic nitrogens is 4. The number of rotatable bonds is 2. The van der Waals surface area contributed by atoms with Crippen LogP contribution in [0, 0.1) is 9.39 Å². The molecule has 1 aliphatic carbocycles. The zero-order valence-electron chi connectivity index (χ0n) is 8.27. The summed E-state index contributed by atoms with van der Waals surface area (Å²) < 4.78 is 15.5. The first-order chi connectivity index (χ1) is 7.75. The van der Waals surface area contributed by atoms with Gasteiger partial charge in [-0.3, -0.25) is 0 Å². The van der Waals surface area contributed by atoms with E-state index in [-0.39, 0.29) is 5.82 Å². The van der Waals surface area contributed by atoms with E-state index in [1.807, 2.05) is 0 Å². The van der Waals surface area contributed by atoms with Gasteiger partial charge in [-0.1, -0.05) is 0 Å². The van der Waals surface area contributed by atoms with Crippen molar-refractivity contribution in [3.8, 4) is 5.69 Å². The smallest absolute Gasteiger partial charge is 0.159 e. The molecule has 2 aromatic rings. The molecular formula is C10H8FIN4. The summed E-state index contributed by atoms with van der Waals surface area (Å²) in [5, 5.41) is 11.7. The molecule has 16 heavy (non-hydrogen) atoms. The zero-order valence-corrected chi connectivity index (χ0v) is 10.4. The van der Waals surface area contributed by atoms with Crippen molar-refractivity contribution in [3.05, 3.63) is 33.4 Å². The third-order valence-corrected chi connectivity index (χ3v) is 3.44. The highest BCUT2D eigenvalue weighted by molar-refractivity contribution is 14.1. The maximum atomic E-state index is 13.0. The lowest BCUT2D eigenvalue weighted by Gasteiger charge is -2.05. The van der Waals surface area contributed by atoms with Crippen molar-refractivity contribution >= 4 is 22.6 Å². The van der Waals surface area contributed by atoms with Crippen molar-refractivity contribution < 1.29 is 4.39 Å². The Morgan fingerprint density at radius 3 is 2.88 bits per heavy atom. The number of benzene rings is 1. The van der Waals surface area contributed by atoms with Gasteiger partial charge in [0, 0.05) is 9.49 Å². The normalized spacial score (nSPS) is 15.4. The fourth-order valence-corrected chi connectivity index (χ4v) is 2.32. The Hall–Kier alpha value is -1.05. The van der Waals surface area contributed by atoms with Crippen LogP contribution in [0.1, 0.15) is 24.6 Å². The summed E-state index contributed by atoms with van der Waals surface area (Å²) in [7, 11) is 0. The molecule has 0 atom stereocenters. The largest absolute Gasteiger partial charge is 0.207 e. The van der Waals surface area contributed by atoms with E-state index in [1.165, 1.54) is 12.1 Å². The van der Waals surface area contributed by atoms with E-state index >= 15 is 0 Å². The van der Waals surface area contributed by atoms with Gasteiger partial charge in [0.05, 0.1) is 5.69 Å². The maximum Gasteiger partial charge on any atom is 0.159 e. The van der Waals surface area contributed by atoms with Crippen molar-refractivity contribution in [1.82, 2.24) is 20.2 Å². The summed E-state index contributed by atoms with van der Waals surface area (Å²) in [4.78, 5) is 0. The van der Waals surface area contributed by atoms with Gasteiger partial charge >= 0.3 is 0 Å². The van der Waals surface area contributed by atoms with Crippen LogP contribution in [0.3, 0.4) is 0 Å². The topological polar surface area (TPSA) is 43.6 Å². The fourth-order valence-electron chi connectivity index (χ4n) is 1.61. The summed E-state index contributed by atoms with van der Waals surface area (Å²) >= 11 is 2.09. The predicted molar refractivity (Wildman–Crippen MR) is 63.8 cm³/mol. The SMILES string of the molecule is Fc1ccc(-n2nnnc2C2CC2)c(I)c1. The first-order valence-electron chi connectivity index (χ1n) is 4.99. The van der Waals surface area contributed by atoms with Gasteiger partial charge in [0.25, 0.3) is 0 Å². The zero-order chi connectivity index (χ0) is 11.1. The first-order valence-corrected chi connectivity index (χ1v) is 6.07. The van der Waals surface area contributed by atoms with E-state index in [2.05, 4.69) is 38.1 Å². The van der Waals surface area contributed by atoms with Gasteiger partial charge in [0.2, 0.25) is 0 Å². The molecular weight excluding hydrogens is 322 g/mol. The van der Waals surface area contributed by atoms with E-state index in [4.69, 9.17) is 0 Å². The molecule has 4 nitrogen and oxygen atoms in total. The van der Waals surface area contributed by atoms with Crippen LogP contribution in [0.5, 0.6) is 0 Å². The molecule has 1 aromatic carbocycles. The van der Waals surface area contributed by atoms with Crippen LogP contribution in [0.25, 0.3) is 5.69 Å². The molecule has 1 aliphatic rings. The molecule has 3 rings (SSSR count). The molecule has 0 saturated heterocycles. The fraction of sp³-hybridized carbons (Fsp3) is 0.300. The molecule has 1 fully saturated rings. The number of hydrogen-bond donors (Lipinski definition) is 0. The molecule has 0 bridgehead atoms. The van der Waals surface area contributed by atoms with Crippen LogP contribution in [-0.2, 0) is 0 Å². The Morgan fingerprint density at radius 2 is 2.19 bits per heavy atom. The van der Waals surface area contributed by atoms with Crippen LogP contribution in [0.15, 0.2) is 18.2 Å². The molecule has 1 heterocycles. The molecule has 1 aromatic heterocycles.